The predicted octanol–water partition coefficient (Wildman–Crippen LogP) is 1.79. The minimum absolute atomic E-state index is 0.263. The van der Waals surface area contributed by atoms with Gasteiger partial charge in [-0.2, -0.15) is 0 Å². The second kappa shape index (κ2) is 2.76. The molecular formula is C12H18O3. The molecule has 0 aromatic heterocycles. The van der Waals surface area contributed by atoms with Crippen molar-refractivity contribution in [3.05, 3.63) is 0 Å². The third kappa shape index (κ3) is 0.975. The van der Waals surface area contributed by atoms with Gasteiger partial charge in [-0.1, -0.05) is 6.42 Å². The van der Waals surface area contributed by atoms with E-state index in [-0.39, 0.29) is 5.92 Å². The Bertz CT molecular complexity index is 308. The van der Waals surface area contributed by atoms with Crippen LogP contribution in [0.15, 0.2) is 0 Å². The zero-order chi connectivity index (χ0) is 10.7. The van der Waals surface area contributed by atoms with E-state index >= 15 is 0 Å². The number of aliphatic carboxylic acids is 1. The molecule has 0 spiro atoms. The van der Waals surface area contributed by atoms with Gasteiger partial charge in [-0.15, -0.1) is 0 Å². The van der Waals surface area contributed by atoms with E-state index in [4.69, 9.17) is 0 Å². The van der Waals surface area contributed by atoms with Crippen LogP contribution in [0.5, 0.6) is 0 Å². The topological polar surface area (TPSA) is 57.5 Å². The molecular weight excluding hydrogens is 192 g/mol. The van der Waals surface area contributed by atoms with Gasteiger partial charge in [-0.3, -0.25) is 4.79 Å². The molecule has 84 valence electrons. The molecule has 3 unspecified atom stereocenters. The zero-order valence-electron chi connectivity index (χ0n) is 8.91. The van der Waals surface area contributed by atoms with E-state index in [1.807, 2.05) is 0 Å². The highest BCUT2D eigenvalue weighted by Crippen LogP contribution is 2.63. The monoisotopic (exact) mass is 210 g/mol. The molecule has 3 saturated carbocycles. The molecule has 3 heteroatoms. The first-order valence-electron chi connectivity index (χ1n) is 6.04. The fourth-order valence-electron chi connectivity index (χ4n) is 4.25. The number of aliphatic hydroxyl groups is 1. The van der Waals surface area contributed by atoms with Gasteiger partial charge < -0.3 is 10.2 Å². The molecule has 0 aromatic rings. The van der Waals surface area contributed by atoms with E-state index < -0.39 is 17.0 Å². The van der Waals surface area contributed by atoms with Gasteiger partial charge in [0, 0.05) is 0 Å². The number of fused-ring (bicyclic) bond motifs is 2. The average Bonchev–Trinajstić information content (AvgIpc) is 2.59. The van der Waals surface area contributed by atoms with Crippen molar-refractivity contribution in [3.8, 4) is 0 Å². The van der Waals surface area contributed by atoms with Crippen LogP contribution in [-0.2, 0) is 4.79 Å². The lowest BCUT2D eigenvalue weighted by Crippen LogP contribution is -2.59. The SMILES string of the molecule is O=C(O)C1(C2(O)CC3CCC2C3)CCC1. The van der Waals surface area contributed by atoms with E-state index in [9.17, 15) is 15.0 Å². The van der Waals surface area contributed by atoms with Gasteiger partial charge in [0.2, 0.25) is 0 Å². The molecule has 3 fully saturated rings. The normalized spacial score (nSPS) is 46.5. The van der Waals surface area contributed by atoms with Crippen LogP contribution >= 0.6 is 0 Å². The first-order valence-corrected chi connectivity index (χ1v) is 6.04. The number of carboxylic acid groups (broad SMARTS) is 1. The van der Waals surface area contributed by atoms with Crippen molar-refractivity contribution in [1.29, 1.82) is 0 Å². The van der Waals surface area contributed by atoms with Crippen molar-refractivity contribution < 1.29 is 15.0 Å². The molecule has 0 amide bonds. The zero-order valence-corrected chi connectivity index (χ0v) is 8.91. The summed E-state index contributed by atoms with van der Waals surface area (Å²) in [5.41, 5.74) is -1.66. The molecule has 0 aromatic carbocycles. The van der Waals surface area contributed by atoms with Crippen LogP contribution in [0, 0.1) is 17.3 Å². The third-order valence-corrected chi connectivity index (χ3v) is 5.26. The molecule has 3 rings (SSSR count). The van der Waals surface area contributed by atoms with E-state index in [0.717, 1.165) is 25.7 Å². The van der Waals surface area contributed by atoms with Crippen LogP contribution < -0.4 is 0 Å². The molecule has 0 radical (unpaired) electrons. The summed E-state index contributed by atoms with van der Waals surface area (Å²) in [6.45, 7) is 0. The molecule has 3 nitrogen and oxygen atoms in total. The fraction of sp³-hybridized carbons (Fsp3) is 0.917. The summed E-state index contributed by atoms with van der Waals surface area (Å²) < 4.78 is 0. The number of rotatable bonds is 2. The Morgan fingerprint density at radius 2 is 2.00 bits per heavy atom. The van der Waals surface area contributed by atoms with E-state index in [0.29, 0.717) is 18.8 Å². The minimum Gasteiger partial charge on any atom is -0.481 e. The summed E-state index contributed by atoms with van der Waals surface area (Å²) in [4.78, 5) is 11.4. The van der Waals surface area contributed by atoms with Gasteiger partial charge in [-0.25, -0.2) is 0 Å². The molecule has 0 aliphatic heterocycles. The largest absolute Gasteiger partial charge is 0.481 e. The Balaban J connectivity index is 1.95. The maximum absolute atomic E-state index is 11.4. The van der Waals surface area contributed by atoms with Crippen LogP contribution in [0.2, 0.25) is 0 Å². The Kier molecular flexibility index (Phi) is 1.77. The molecule has 2 bridgehead atoms. The lowest BCUT2D eigenvalue weighted by Gasteiger charge is -2.52. The Labute approximate surface area is 89.5 Å². The van der Waals surface area contributed by atoms with Crippen molar-refractivity contribution in [1.82, 2.24) is 0 Å². The number of carboxylic acids is 1. The van der Waals surface area contributed by atoms with Crippen LogP contribution in [0.1, 0.15) is 44.9 Å². The number of hydrogen-bond donors (Lipinski definition) is 2. The van der Waals surface area contributed by atoms with Crippen LogP contribution in [-0.4, -0.2) is 21.8 Å². The lowest BCUT2D eigenvalue weighted by molar-refractivity contribution is -0.195. The first kappa shape index (κ1) is 9.64. The number of hydrogen-bond acceptors (Lipinski definition) is 2. The summed E-state index contributed by atoms with van der Waals surface area (Å²) >= 11 is 0. The van der Waals surface area contributed by atoms with Crippen molar-refractivity contribution in [3.63, 3.8) is 0 Å². The van der Waals surface area contributed by atoms with E-state index in [1.165, 1.54) is 6.42 Å². The molecule has 3 aliphatic carbocycles. The second-order valence-electron chi connectivity index (χ2n) is 5.75. The average molecular weight is 210 g/mol. The van der Waals surface area contributed by atoms with Gasteiger partial charge in [0.25, 0.3) is 0 Å². The number of carbonyl (C=O) groups is 1. The molecule has 2 N–H and O–H groups in total. The van der Waals surface area contributed by atoms with Gasteiger partial charge >= 0.3 is 5.97 Å². The Hall–Kier alpha value is -0.570. The fourth-order valence-corrected chi connectivity index (χ4v) is 4.25. The Morgan fingerprint density at radius 3 is 2.33 bits per heavy atom. The van der Waals surface area contributed by atoms with Crippen LogP contribution in [0.4, 0.5) is 0 Å². The molecule has 0 saturated heterocycles. The minimum atomic E-state index is -0.875. The summed E-state index contributed by atoms with van der Waals surface area (Å²) in [5, 5.41) is 20.1. The highest BCUT2D eigenvalue weighted by molar-refractivity contribution is 5.77. The van der Waals surface area contributed by atoms with Crippen molar-refractivity contribution in [2.45, 2.75) is 50.5 Å². The highest BCUT2D eigenvalue weighted by Gasteiger charge is 2.66. The van der Waals surface area contributed by atoms with E-state index in [1.54, 1.807) is 0 Å². The van der Waals surface area contributed by atoms with Gasteiger partial charge in [0.15, 0.2) is 0 Å². The quantitative estimate of drug-likeness (QED) is 0.730. The van der Waals surface area contributed by atoms with Crippen LogP contribution in [0.25, 0.3) is 0 Å². The summed E-state index contributed by atoms with van der Waals surface area (Å²) in [7, 11) is 0. The summed E-state index contributed by atoms with van der Waals surface area (Å²) in [6.07, 6.45) is 6.37. The van der Waals surface area contributed by atoms with Gasteiger partial charge in [-0.05, 0) is 50.4 Å². The van der Waals surface area contributed by atoms with Crippen molar-refractivity contribution in [2.24, 2.45) is 17.3 Å². The smallest absolute Gasteiger partial charge is 0.312 e. The molecule has 3 atom stereocenters. The highest BCUT2D eigenvalue weighted by atomic mass is 16.4. The first-order chi connectivity index (χ1) is 7.08. The van der Waals surface area contributed by atoms with Crippen molar-refractivity contribution in [2.75, 3.05) is 0 Å². The molecule has 15 heavy (non-hydrogen) atoms. The van der Waals surface area contributed by atoms with Crippen LogP contribution in [0.3, 0.4) is 0 Å². The van der Waals surface area contributed by atoms with Gasteiger partial charge in [0.1, 0.15) is 0 Å². The van der Waals surface area contributed by atoms with E-state index in [2.05, 4.69) is 0 Å². The third-order valence-electron chi connectivity index (χ3n) is 5.26. The molecule has 3 aliphatic rings. The summed E-state index contributed by atoms with van der Waals surface area (Å²) in [5.74, 6) is 0.0968. The lowest BCUT2D eigenvalue weighted by atomic mass is 9.54. The molecule has 0 heterocycles. The second-order valence-corrected chi connectivity index (χ2v) is 5.75. The predicted molar refractivity (Wildman–Crippen MR) is 54.3 cm³/mol. The maximum Gasteiger partial charge on any atom is 0.312 e. The standard InChI is InChI=1S/C12H18O3/c13-10(14)11(4-1-5-11)12(15)7-8-2-3-9(12)6-8/h8-9,15H,1-7H2,(H,13,14). The maximum atomic E-state index is 11.4. The Morgan fingerprint density at radius 1 is 1.27 bits per heavy atom. The van der Waals surface area contributed by atoms with Gasteiger partial charge in [0.05, 0.1) is 11.0 Å². The summed E-state index contributed by atoms with van der Waals surface area (Å²) in [6, 6.07) is 0. The van der Waals surface area contributed by atoms with Crippen molar-refractivity contribution >= 4 is 5.97 Å².